The SMILES string of the molecule is CC(C)c1c(O[SiH3])c(C(C)C)c(-c2cccc3c2ccn3[Si](C(C)C)(C(C)C)C(C)C)c(C(C)C)c1C(=O)c1cccnc1. The number of carbonyl (C=O) groups excluding carboxylic acids is 1. The van der Waals surface area contributed by atoms with Crippen LogP contribution in [0.1, 0.15) is 133 Å². The Labute approximate surface area is 270 Å². The fourth-order valence-electron chi connectivity index (χ4n) is 8.42. The summed E-state index contributed by atoms with van der Waals surface area (Å²) in [6, 6.07) is 12.9. The van der Waals surface area contributed by atoms with Crippen LogP contribution in [0.2, 0.25) is 16.6 Å². The van der Waals surface area contributed by atoms with E-state index < -0.39 is 8.24 Å². The Balaban J connectivity index is 2.24. The predicted octanol–water partition coefficient (Wildman–Crippen LogP) is 9.99. The van der Waals surface area contributed by atoms with Crippen LogP contribution in [-0.4, -0.2) is 33.7 Å². The Morgan fingerprint density at radius 2 is 1.36 bits per heavy atom. The first-order valence-corrected chi connectivity index (χ1v) is 19.6. The number of ketones is 1. The van der Waals surface area contributed by atoms with Gasteiger partial charge in [-0.2, -0.15) is 0 Å². The van der Waals surface area contributed by atoms with E-state index in [-0.39, 0.29) is 23.5 Å². The highest BCUT2D eigenvalue weighted by molar-refractivity contribution is 6.82. The van der Waals surface area contributed by atoms with E-state index in [9.17, 15) is 4.79 Å². The number of carbonyl (C=O) groups is 1. The average molecular weight is 627 g/mol. The summed E-state index contributed by atoms with van der Waals surface area (Å²) in [5.41, 5.74) is 10.2. The minimum atomic E-state index is -1.99. The number of benzene rings is 2. The lowest BCUT2D eigenvalue weighted by atomic mass is 9.75. The van der Waals surface area contributed by atoms with Crippen molar-refractivity contribution in [2.75, 3.05) is 0 Å². The molecule has 236 valence electrons. The number of hydrogen-bond donors (Lipinski definition) is 0. The van der Waals surface area contributed by atoms with Crippen molar-refractivity contribution in [2.45, 2.75) is 117 Å². The molecule has 2 aromatic heterocycles. The van der Waals surface area contributed by atoms with Gasteiger partial charge in [0.1, 0.15) is 5.75 Å². The van der Waals surface area contributed by atoms with Gasteiger partial charge in [-0.05, 0) is 81.5 Å². The van der Waals surface area contributed by atoms with Gasteiger partial charge in [-0.1, -0.05) is 95.2 Å². The number of hydrogen-bond acceptors (Lipinski definition) is 3. The van der Waals surface area contributed by atoms with Gasteiger partial charge in [-0.3, -0.25) is 9.78 Å². The molecule has 0 aliphatic rings. The highest BCUT2D eigenvalue weighted by Crippen LogP contribution is 2.51. The number of nitrogens with zero attached hydrogens (tertiary/aromatic N) is 2. The molecule has 0 radical (unpaired) electrons. The number of aromatic nitrogens is 2. The van der Waals surface area contributed by atoms with Gasteiger partial charge in [0.15, 0.2) is 14.0 Å². The van der Waals surface area contributed by atoms with Crippen molar-refractivity contribution >= 4 is 35.4 Å². The first-order valence-electron chi connectivity index (χ1n) is 16.6. The third kappa shape index (κ3) is 5.42. The normalized spacial score (nSPS) is 12.7. The van der Waals surface area contributed by atoms with Crippen molar-refractivity contribution in [3.63, 3.8) is 0 Å². The van der Waals surface area contributed by atoms with E-state index in [2.05, 4.69) is 123 Å². The second-order valence-corrected chi connectivity index (χ2v) is 20.5. The minimum Gasteiger partial charge on any atom is -0.553 e. The fourth-order valence-corrected chi connectivity index (χ4v) is 15.5. The molecule has 0 amide bonds. The lowest BCUT2D eigenvalue weighted by Gasteiger charge is -2.44. The molecule has 4 nitrogen and oxygen atoms in total. The summed E-state index contributed by atoms with van der Waals surface area (Å²) in [6.45, 7) is 27.9. The van der Waals surface area contributed by atoms with Crippen LogP contribution in [-0.2, 0) is 0 Å². The van der Waals surface area contributed by atoms with Crippen LogP contribution < -0.4 is 4.43 Å². The third-order valence-corrected chi connectivity index (χ3v) is 17.0. The van der Waals surface area contributed by atoms with Crippen molar-refractivity contribution < 1.29 is 9.22 Å². The summed E-state index contributed by atoms with van der Waals surface area (Å²) in [5, 5.41) is 1.26. The molecule has 2 aromatic carbocycles. The van der Waals surface area contributed by atoms with Gasteiger partial charge in [0, 0.05) is 45.6 Å². The quantitative estimate of drug-likeness (QED) is 0.123. The molecule has 0 bridgehead atoms. The standard InChI is InChI=1S/C38H54N2O2Si2/c1-22(2)32-35(30-16-13-17-31-29(30)18-20-40(31)44(25(7)8,26(9)10)27(11)12)33(23(3)4)38(42-43)34(24(5)6)36(32)37(41)28-15-14-19-39-21-28/h13-27H,1-12,43H3. The lowest BCUT2D eigenvalue weighted by molar-refractivity contribution is 0.103. The molecule has 0 N–H and O–H groups in total. The van der Waals surface area contributed by atoms with E-state index >= 15 is 0 Å². The van der Waals surface area contributed by atoms with Crippen molar-refractivity contribution in [3.8, 4) is 16.9 Å². The maximum atomic E-state index is 14.6. The molecule has 6 heteroatoms. The predicted molar refractivity (Wildman–Crippen MR) is 194 cm³/mol. The van der Waals surface area contributed by atoms with Gasteiger partial charge in [-0.15, -0.1) is 0 Å². The first-order chi connectivity index (χ1) is 20.7. The van der Waals surface area contributed by atoms with Crippen LogP contribution in [0.4, 0.5) is 0 Å². The topological polar surface area (TPSA) is 44.1 Å². The smallest absolute Gasteiger partial charge is 0.204 e. The summed E-state index contributed by atoms with van der Waals surface area (Å²) in [7, 11) is -1.45. The monoisotopic (exact) mass is 626 g/mol. The summed E-state index contributed by atoms with van der Waals surface area (Å²) in [4.78, 5) is 18.9. The number of pyridine rings is 1. The van der Waals surface area contributed by atoms with Gasteiger partial charge >= 0.3 is 0 Å². The Bertz CT molecular complexity index is 1610. The molecule has 0 atom stereocenters. The molecular weight excluding hydrogens is 573 g/mol. The molecule has 0 spiro atoms. The Morgan fingerprint density at radius 3 is 1.84 bits per heavy atom. The van der Waals surface area contributed by atoms with Crippen LogP contribution in [0.5, 0.6) is 5.75 Å². The molecule has 0 aliphatic heterocycles. The van der Waals surface area contributed by atoms with Crippen molar-refractivity contribution in [1.29, 1.82) is 0 Å². The Kier molecular flexibility index (Phi) is 10.2. The first kappa shape index (κ1) is 33.9. The van der Waals surface area contributed by atoms with Crippen LogP contribution in [0, 0.1) is 0 Å². The molecule has 0 fully saturated rings. The van der Waals surface area contributed by atoms with E-state index in [1.54, 1.807) is 12.4 Å². The van der Waals surface area contributed by atoms with Crippen LogP contribution in [0.15, 0.2) is 55.0 Å². The summed E-state index contributed by atoms with van der Waals surface area (Å²) in [5.74, 6) is 1.37. The molecule has 0 saturated heterocycles. The third-order valence-electron chi connectivity index (χ3n) is 9.85. The van der Waals surface area contributed by atoms with Crippen LogP contribution >= 0.6 is 0 Å². The highest BCUT2D eigenvalue weighted by Gasteiger charge is 2.46. The Morgan fingerprint density at radius 1 is 0.773 bits per heavy atom. The number of rotatable bonds is 11. The molecule has 0 saturated carbocycles. The second kappa shape index (κ2) is 13.2. The van der Waals surface area contributed by atoms with E-state index in [4.69, 9.17) is 4.43 Å². The lowest BCUT2D eigenvalue weighted by Crippen LogP contribution is -2.51. The zero-order chi connectivity index (χ0) is 32.7. The van der Waals surface area contributed by atoms with Gasteiger partial charge in [-0.25, -0.2) is 0 Å². The van der Waals surface area contributed by atoms with E-state index in [0.29, 0.717) is 32.7 Å². The maximum absolute atomic E-state index is 14.6. The summed E-state index contributed by atoms with van der Waals surface area (Å²) in [6.07, 6.45) is 5.80. The fraction of sp³-hybridized carbons (Fsp3) is 0.474. The summed E-state index contributed by atoms with van der Waals surface area (Å²) < 4.78 is 9.16. The van der Waals surface area contributed by atoms with Crippen molar-refractivity contribution in [1.82, 2.24) is 9.22 Å². The van der Waals surface area contributed by atoms with Gasteiger partial charge < -0.3 is 8.66 Å². The molecule has 0 unspecified atom stereocenters. The van der Waals surface area contributed by atoms with E-state index in [0.717, 1.165) is 22.4 Å². The summed E-state index contributed by atoms with van der Waals surface area (Å²) >= 11 is 0. The van der Waals surface area contributed by atoms with Gasteiger partial charge in [0.2, 0.25) is 10.5 Å². The van der Waals surface area contributed by atoms with Gasteiger partial charge in [0.25, 0.3) is 0 Å². The van der Waals surface area contributed by atoms with Crippen LogP contribution in [0.3, 0.4) is 0 Å². The molecule has 4 rings (SSSR count). The zero-order valence-electron chi connectivity index (χ0n) is 29.4. The van der Waals surface area contributed by atoms with Gasteiger partial charge in [0.05, 0.1) is 0 Å². The maximum Gasteiger partial charge on any atom is 0.204 e. The van der Waals surface area contributed by atoms with Crippen molar-refractivity contribution in [2.24, 2.45) is 0 Å². The zero-order valence-corrected chi connectivity index (χ0v) is 32.4. The van der Waals surface area contributed by atoms with Crippen molar-refractivity contribution in [3.05, 3.63) is 82.8 Å². The van der Waals surface area contributed by atoms with Crippen LogP contribution in [0.25, 0.3) is 22.0 Å². The number of fused-ring (bicyclic) bond motifs is 1. The molecule has 4 aromatic rings. The average Bonchev–Trinajstić information content (AvgIpc) is 3.39. The molecular formula is C38H54N2O2Si2. The second-order valence-electron chi connectivity index (χ2n) is 14.3. The van der Waals surface area contributed by atoms with E-state index in [1.807, 2.05) is 12.1 Å². The Hall–Kier alpha value is -2.97. The van der Waals surface area contributed by atoms with E-state index in [1.165, 1.54) is 27.6 Å². The largest absolute Gasteiger partial charge is 0.553 e. The molecule has 2 heterocycles. The molecule has 0 aliphatic carbocycles. The minimum absolute atomic E-state index is 0.0256. The molecule has 44 heavy (non-hydrogen) atoms. The highest BCUT2D eigenvalue weighted by atomic mass is 28.3.